The Hall–Kier alpha value is -9.32. The molecule has 1 amide bonds. The number of nitrogens with one attached hydrogen (secondary N) is 1. The quantitative estimate of drug-likeness (QED) is 0.0722. The van der Waals surface area contributed by atoms with E-state index in [4.69, 9.17) is 20.3 Å². The van der Waals surface area contributed by atoms with E-state index in [1.165, 1.54) is 25.4 Å². The average Bonchev–Trinajstić information content (AvgIpc) is 3.30. The van der Waals surface area contributed by atoms with Crippen molar-refractivity contribution in [3.05, 3.63) is 144 Å². The van der Waals surface area contributed by atoms with Crippen LogP contribution in [0.4, 0.5) is 72.8 Å². The third-order valence-corrected chi connectivity index (χ3v) is 8.19. The zero-order valence-electron chi connectivity index (χ0n) is 37.0. The lowest BCUT2D eigenvalue weighted by Crippen LogP contribution is -2.20. The van der Waals surface area contributed by atoms with Gasteiger partial charge in [0.2, 0.25) is 0 Å². The molecule has 31 heteroatoms. The SMILES string of the molecule is COC(=O)c1cc(N)ccn1.COC(=O)c1cc(NC(=O)c2c(Oc3ccc(OC(F)(F)F)cc3)ccc(OC(F)(F)F)c2F)ccn1.O=C(O)c1c(Oc2ccc(OC(F)(F)F)cc2)ccc(OC(F)(F)F)c1F. The summed E-state index contributed by atoms with van der Waals surface area (Å²) in [7, 11) is 2.37. The number of nitrogen functional groups attached to an aromatic ring is 1. The van der Waals surface area contributed by atoms with Crippen LogP contribution >= 0.6 is 0 Å². The molecule has 0 bridgehead atoms. The van der Waals surface area contributed by atoms with E-state index in [2.05, 4.69) is 43.7 Å². The molecule has 6 rings (SSSR count). The highest BCUT2D eigenvalue weighted by Crippen LogP contribution is 2.38. The van der Waals surface area contributed by atoms with E-state index < -0.39 is 107 Å². The van der Waals surface area contributed by atoms with Crippen molar-refractivity contribution in [1.82, 2.24) is 9.97 Å². The molecule has 17 nitrogen and oxygen atoms in total. The Bertz CT molecular complexity index is 2970. The maximum atomic E-state index is 15.0. The standard InChI is InChI=1S/C22H13F7N2O6.C15H7F7O5.C7H8N2O2/c1-34-20(33)14-10-11(8-9-30-14)31-19(32)17-15(6-7-16(18(17)23)37-22(27,28)29)35-12-2-4-13(5-3-12)36-21(24,25)26;16-12-10(27-15(20,21)22)6-5-9(11(12)13(23)24)25-7-1-3-8(4-2-7)26-14(17,18)19;1-11-7(10)6-4-5(8)2-3-9-6/h2-10H,1H3,(H,30,31,32);1-6H,(H,23,24);2-4H,1H3,(H2,8,9). The van der Waals surface area contributed by atoms with Crippen LogP contribution in [0.2, 0.25) is 0 Å². The Morgan fingerprint density at radius 1 is 0.493 bits per heavy atom. The number of benzene rings is 4. The number of nitrogens with zero attached hydrogens (tertiary/aromatic N) is 2. The first kappa shape index (κ1) is 58.3. The van der Waals surface area contributed by atoms with Crippen molar-refractivity contribution in [2.75, 3.05) is 25.3 Å². The van der Waals surface area contributed by atoms with Gasteiger partial charge in [0.1, 0.15) is 57.0 Å². The van der Waals surface area contributed by atoms with E-state index in [1.54, 1.807) is 6.07 Å². The number of carbonyl (C=O) groups excluding carboxylic acids is 3. The van der Waals surface area contributed by atoms with Gasteiger partial charge in [-0.2, -0.15) is 0 Å². The number of amides is 1. The monoisotopic (exact) mass is 1090 g/mol. The second kappa shape index (κ2) is 24.4. The van der Waals surface area contributed by atoms with Crippen molar-refractivity contribution in [2.24, 2.45) is 0 Å². The first-order chi connectivity index (χ1) is 34.8. The lowest BCUT2D eigenvalue weighted by Gasteiger charge is -2.16. The second-order valence-corrected chi connectivity index (χ2v) is 13.5. The third kappa shape index (κ3) is 18.7. The molecule has 0 fully saturated rings. The van der Waals surface area contributed by atoms with Crippen molar-refractivity contribution in [2.45, 2.75) is 25.4 Å². The second-order valence-electron chi connectivity index (χ2n) is 13.5. The molecule has 6 aromatic rings. The normalized spacial score (nSPS) is 11.3. The number of alkyl halides is 12. The number of nitrogens with two attached hydrogens (primary N) is 1. The van der Waals surface area contributed by atoms with Gasteiger partial charge in [-0.3, -0.25) is 4.79 Å². The lowest BCUT2D eigenvalue weighted by atomic mass is 10.1. The number of aromatic nitrogens is 2. The summed E-state index contributed by atoms with van der Waals surface area (Å²) in [5, 5.41) is 11.2. The average molecular weight is 1090 g/mol. The summed E-state index contributed by atoms with van der Waals surface area (Å²) >= 11 is 0. The molecule has 75 heavy (non-hydrogen) atoms. The highest BCUT2D eigenvalue weighted by Gasteiger charge is 2.36. The molecule has 2 aromatic heterocycles. The van der Waals surface area contributed by atoms with Gasteiger partial charge < -0.3 is 54.1 Å². The van der Waals surface area contributed by atoms with Gasteiger partial charge in [-0.05, 0) is 97.1 Å². The zero-order valence-corrected chi connectivity index (χ0v) is 37.0. The van der Waals surface area contributed by atoms with Gasteiger partial charge in [0, 0.05) is 23.8 Å². The number of methoxy groups -OCH3 is 2. The Balaban J connectivity index is 0.000000278. The highest BCUT2D eigenvalue weighted by molar-refractivity contribution is 6.07. The van der Waals surface area contributed by atoms with Gasteiger partial charge in [-0.1, -0.05) is 0 Å². The van der Waals surface area contributed by atoms with Crippen molar-refractivity contribution < 1.29 is 124 Å². The minimum atomic E-state index is -5.30. The van der Waals surface area contributed by atoms with Gasteiger partial charge in [0.25, 0.3) is 5.91 Å². The number of carboxylic acids is 1. The van der Waals surface area contributed by atoms with Crippen LogP contribution in [-0.2, 0) is 9.47 Å². The van der Waals surface area contributed by atoms with Gasteiger partial charge in [-0.25, -0.2) is 33.1 Å². The fourth-order valence-electron chi connectivity index (χ4n) is 5.32. The molecule has 0 unspecified atom stereocenters. The maximum Gasteiger partial charge on any atom is 0.573 e. The number of hydrogen-bond acceptors (Lipinski definition) is 15. The first-order valence-corrected chi connectivity index (χ1v) is 19.5. The molecule has 4 aromatic carbocycles. The smallest absolute Gasteiger partial charge is 0.477 e. The van der Waals surface area contributed by atoms with Crippen LogP contribution < -0.4 is 39.5 Å². The van der Waals surface area contributed by atoms with E-state index in [0.717, 1.165) is 74.0 Å². The topological polar surface area (TPSA) is 226 Å². The Morgan fingerprint density at radius 2 is 0.853 bits per heavy atom. The van der Waals surface area contributed by atoms with Crippen molar-refractivity contribution in [3.8, 4) is 46.0 Å². The molecule has 0 radical (unpaired) electrons. The van der Waals surface area contributed by atoms with Crippen LogP contribution in [0, 0.1) is 11.6 Å². The van der Waals surface area contributed by atoms with Crippen LogP contribution in [0.5, 0.6) is 46.0 Å². The number of carboxylic acid groups (broad SMARTS) is 1. The zero-order chi connectivity index (χ0) is 56.1. The molecule has 0 saturated heterocycles. The Morgan fingerprint density at radius 3 is 1.24 bits per heavy atom. The van der Waals surface area contributed by atoms with Gasteiger partial charge in [0.15, 0.2) is 23.1 Å². The lowest BCUT2D eigenvalue weighted by molar-refractivity contribution is -0.276. The summed E-state index contributed by atoms with van der Waals surface area (Å²) in [6.07, 6.45) is -17.9. The van der Waals surface area contributed by atoms with Crippen molar-refractivity contribution in [1.29, 1.82) is 0 Å². The molecule has 0 saturated carbocycles. The first-order valence-electron chi connectivity index (χ1n) is 19.5. The van der Waals surface area contributed by atoms with Crippen LogP contribution in [0.25, 0.3) is 0 Å². The summed E-state index contributed by atoms with van der Waals surface area (Å²) in [5.74, 6) is -13.9. The van der Waals surface area contributed by atoms with Gasteiger partial charge in [0.05, 0.1) is 14.2 Å². The molecular formula is C44H28F14N4O13. The number of carbonyl (C=O) groups is 4. The summed E-state index contributed by atoms with van der Waals surface area (Å²) in [4.78, 5) is 54.0. The Kier molecular flexibility index (Phi) is 19.0. The number of anilines is 2. The van der Waals surface area contributed by atoms with Crippen LogP contribution in [0.3, 0.4) is 0 Å². The third-order valence-electron chi connectivity index (χ3n) is 8.19. The molecule has 0 spiro atoms. The van der Waals surface area contributed by atoms with Crippen molar-refractivity contribution in [3.63, 3.8) is 0 Å². The number of ether oxygens (including phenoxy) is 8. The predicted molar refractivity (Wildman–Crippen MR) is 223 cm³/mol. The minimum Gasteiger partial charge on any atom is -0.477 e. The summed E-state index contributed by atoms with van der Waals surface area (Å²) in [6, 6.07) is 15.1. The highest BCUT2D eigenvalue weighted by atomic mass is 19.4. The maximum absolute atomic E-state index is 15.0. The molecule has 0 atom stereocenters. The number of pyridine rings is 2. The molecule has 400 valence electrons. The number of esters is 2. The van der Waals surface area contributed by atoms with Crippen LogP contribution in [-0.4, -0.2) is 78.6 Å². The molecule has 4 N–H and O–H groups in total. The van der Waals surface area contributed by atoms with Gasteiger partial charge >= 0.3 is 43.4 Å². The van der Waals surface area contributed by atoms with E-state index in [-0.39, 0.29) is 28.6 Å². The minimum absolute atomic E-state index is 0.110. The predicted octanol–water partition coefficient (Wildman–Crippen LogP) is 11.4. The van der Waals surface area contributed by atoms with Crippen LogP contribution in [0.15, 0.2) is 109 Å². The molecule has 0 aliphatic rings. The molecular weight excluding hydrogens is 1060 g/mol. The summed E-state index contributed by atoms with van der Waals surface area (Å²) in [6.45, 7) is 0. The van der Waals surface area contributed by atoms with Crippen molar-refractivity contribution >= 4 is 35.2 Å². The van der Waals surface area contributed by atoms with E-state index >= 15 is 4.39 Å². The number of rotatable bonds is 13. The van der Waals surface area contributed by atoms with E-state index in [0.29, 0.717) is 23.9 Å². The summed E-state index contributed by atoms with van der Waals surface area (Å²) < 4.78 is 211. The number of hydrogen-bond donors (Lipinski definition) is 3. The fourth-order valence-corrected chi connectivity index (χ4v) is 5.32. The number of aromatic carboxylic acids is 1. The summed E-state index contributed by atoms with van der Waals surface area (Å²) in [5.41, 5.74) is 3.48. The van der Waals surface area contributed by atoms with E-state index in [9.17, 15) is 76.3 Å². The van der Waals surface area contributed by atoms with E-state index in [1.807, 2.05) is 0 Å². The van der Waals surface area contributed by atoms with Crippen LogP contribution in [0.1, 0.15) is 41.7 Å². The number of halogens is 14. The fraction of sp³-hybridized carbons (Fsp3) is 0.136. The molecule has 0 aliphatic carbocycles. The molecule has 2 heterocycles. The molecule has 0 aliphatic heterocycles. The Labute approximate surface area is 408 Å². The largest absolute Gasteiger partial charge is 0.573 e. The van der Waals surface area contributed by atoms with Gasteiger partial charge in [-0.15, -0.1) is 52.7 Å².